The maximum Gasteiger partial charge on any atom is 0.293 e. The van der Waals surface area contributed by atoms with Gasteiger partial charge in [-0.15, -0.1) is 0 Å². The summed E-state index contributed by atoms with van der Waals surface area (Å²) in [5.41, 5.74) is -0.179. The zero-order valence-electron chi connectivity index (χ0n) is 16.7. The van der Waals surface area contributed by atoms with E-state index in [9.17, 15) is 23.6 Å². The molecule has 2 heterocycles. The van der Waals surface area contributed by atoms with Gasteiger partial charge in [-0.05, 0) is 30.0 Å². The van der Waals surface area contributed by atoms with Gasteiger partial charge in [0.15, 0.2) is 0 Å². The van der Waals surface area contributed by atoms with Crippen LogP contribution in [0.1, 0.15) is 5.56 Å². The second kappa shape index (κ2) is 9.15. The number of nitrogens with one attached hydrogen (secondary N) is 1. The molecule has 0 saturated carbocycles. The lowest BCUT2D eigenvalue weighted by Gasteiger charge is -2.13. The van der Waals surface area contributed by atoms with Gasteiger partial charge in [-0.3, -0.25) is 24.1 Å². The van der Waals surface area contributed by atoms with Crippen molar-refractivity contribution < 1.29 is 18.8 Å². The smallest absolute Gasteiger partial charge is 0.293 e. The summed E-state index contributed by atoms with van der Waals surface area (Å²) < 4.78 is 14.9. The molecule has 0 unspecified atom stereocenters. The van der Waals surface area contributed by atoms with Gasteiger partial charge < -0.3 is 5.32 Å². The van der Waals surface area contributed by atoms with E-state index in [1.165, 1.54) is 30.5 Å². The molecule has 1 aliphatic heterocycles. The van der Waals surface area contributed by atoms with Crippen LogP contribution < -0.4 is 10.9 Å². The topological polar surface area (TPSA) is 101 Å². The van der Waals surface area contributed by atoms with Crippen molar-refractivity contribution >= 4 is 45.7 Å². The van der Waals surface area contributed by atoms with Crippen molar-refractivity contribution in [1.29, 1.82) is 0 Å². The summed E-state index contributed by atoms with van der Waals surface area (Å²) in [5.74, 6) is -1.53. The molecule has 162 valence electrons. The Morgan fingerprint density at radius 3 is 2.66 bits per heavy atom. The summed E-state index contributed by atoms with van der Waals surface area (Å²) in [4.78, 5) is 50.4. The van der Waals surface area contributed by atoms with E-state index in [4.69, 9.17) is 0 Å². The van der Waals surface area contributed by atoms with Gasteiger partial charge >= 0.3 is 0 Å². The van der Waals surface area contributed by atoms with Crippen molar-refractivity contribution in [3.05, 3.63) is 81.4 Å². The monoisotopic (exact) mass is 452 g/mol. The third-order valence-corrected chi connectivity index (χ3v) is 5.69. The van der Waals surface area contributed by atoms with Gasteiger partial charge in [-0.25, -0.2) is 9.07 Å². The fourth-order valence-electron chi connectivity index (χ4n) is 3.17. The molecule has 0 atom stereocenters. The van der Waals surface area contributed by atoms with Crippen LogP contribution in [0.25, 0.3) is 16.8 Å². The first-order valence-electron chi connectivity index (χ1n) is 9.65. The highest BCUT2D eigenvalue weighted by molar-refractivity contribution is 8.18. The Bertz CT molecular complexity index is 1320. The SMILES string of the molecule is O=C(Cn1ncc2ccccc2c1=O)NCCN1C(=O)S/C(=C\c2ccccc2F)C1=O. The summed E-state index contributed by atoms with van der Waals surface area (Å²) in [7, 11) is 0. The molecule has 32 heavy (non-hydrogen) atoms. The number of nitrogens with zero attached hydrogens (tertiary/aromatic N) is 3. The Kier molecular flexibility index (Phi) is 6.13. The number of benzene rings is 2. The zero-order chi connectivity index (χ0) is 22.7. The minimum atomic E-state index is -0.551. The van der Waals surface area contributed by atoms with E-state index in [1.807, 2.05) is 0 Å². The summed E-state index contributed by atoms with van der Waals surface area (Å²) in [5, 5.41) is 7.20. The van der Waals surface area contributed by atoms with Crippen molar-refractivity contribution in [2.45, 2.75) is 6.54 Å². The number of rotatable bonds is 6. The third-order valence-electron chi connectivity index (χ3n) is 4.78. The first-order valence-corrected chi connectivity index (χ1v) is 10.5. The number of thioether (sulfide) groups is 1. The van der Waals surface area contributed by atoms with Crippen LogP contribution in [-0.2, 0) is 16.1 Å². The molecule has 1 aliphatic rings. The van der Waals surface area contributed by atoms with Crippen molar-refractivity contribution in [2.24, 2.45) is 0 Å². The van der Waals surface area contributed by atoms with Crippen molar-refractivity contribution in [3.8, 4) is 0 Å². The Balaban J connectivity index is 1.35. The van der Waals surface area contributed by atoms with Crippen LogP contribution in [0.5, 0.6) is 0 Å². The standard InChI is InChI=1S/C22H17FN4O4S/c23-17-8-4-2-5-14(17)11-18-21(30)26(22(31)32-18)10-9-24-19(28)13-27-20(29)16-7-3-1-6-15(16)12-25-27/h1-8,11-12H,9-10,13H2,(H,24,28)/b18-11-. The predicted molar refractivity (Wildman–Crippen MR) is 118 cm³/mol. The van der Waals surface area contributed by atoms with Crippen LogP contribution in [-0.4, -0.2) is 44.8 Å². The van der Waals surface area contributed by atoms with Crippen LogP contribution in [0.15, 0.2) is 64.4 Å². The number of hydrogen-bond donors (Lipinski definition) is 1. The van der Waals surface area contributed by atoms with Crippen LogP contribution in [0.2, 0.25) is 0 Å². The largest absolute Gasteiger partial charge is 0.353 e. The Labute approximate surface area is 185 Å². The van der Waals surface area contributed by atoms with E-state index in [-0.39, 0.29) is 35.7 Å². The van der Waals surface area contributed by atoms with Gasteiger partial charge in [-0.1, -0.05) is 36.4 Å². The molecule has 3 aromatic rings. The Morgan fingerprint density at radius 1 is 1.09 bits per heavy atom. The number of hydrogen-bond acceptors (Lipinski definition) is 6. The van der Waals surface area contributed by atoms with E-state index in [1.54, 1.807) is 30.3 Å². The molecule has 1 saturated heterocycles. The Morgan fingerprint density at radius 2 is 1.84 bits per heavy atom. The van der Waals surface area contributed by atoms with Gasteiger partial charge in [0, 0.05) is 24.0 Å². The van der Waals surface area contributed by atoms with Crippen LogP contribution in [0.4, 0.5) is 9.18 Å². The van der Waals surface area contributed by atoms with Crippen molar-refractivity contribution in [2.75, 3.05) is 13.1 Å². The first-order chi connectivity index (χ1) is 15.4. The van der Waals surface area contributed by atoms with Crippen LogP contribution in [0, 0.1) is 5.82 Å². The number of carbonyl (C=O) groups excluding carboxylic acids is 3. The molecule has 0 bridgehead atoms. The molecule has 0 radical (unpaired) electrons. The average molecular weight is 452 g/mol. The normalized spacial score (nSPS) is 15.0. The quantitative estimate of drug-likeness (QED) is 0.577. The molecule has 2 aromatic carbocycles. The van der Waals surface area contributed by atoms with Crippen LogP contribution in [0.3, 0.4) is 0 Å². The lowest BCUT2D eigenvalue weighted by Crippen LogP contribution is -2.39. The molecule has 1 fully saturated rings. The minimum absolute atomic E-state index is 0.00613. The molecule has 1 N–H and O–H groups in total. The van der Waals surface area contributed by atoms with Crippen LogP contribution >= 0.6 is 11.8 Å². The van der Waals surface area contributed by atoms with E-state index >= 15 is 0 Å². The fraction of sp³-hybridized carbons (Fsp3) is 0.136. The number of amides is 3. The van der Waals surface area contributed by atoms with Gasteiger partial charge in [0.2, 0.25) is 5.91 Å². The van der Waals surface area contributed by atoms with Crippen molar-refractivity contribution in [1.82, 2.24) is 20.0 Å². The molecular weight excluding hydrogens is 435 g/mol. The highest BCUT2D eigenvalue weighted by atomic mass is 32.2. The molecule has 0 aliphatic carbocycles. The van der Waals surface area contributed by atoms with Gasteiger partial charge in [0.05, 0.1) is 16.5 Å². The van der Waals surface area contributed by atoms with E-state index in [0.29, 0.717) is 22.5 Å². The highest BCUT2D eigenvalue weighted by Gasteiger charge is 2.34. The lowest BCUT2D eigenvalue weighted by atomic mass is 10.2. The van der Waals surface area contributed by atoms with Gasteiger partial charge in [-0.2, -0.15) is 5.10 Å². The minimum Gasteiger partial charge on any atom is -0.353 e. The first kappa shape index (κ1) is 21.4. The molecule has 4 rings (SSSR count). The number of aromatic nitrogens is 2. The summed E-state index contributed by atoms with van der Waals surface area (Å²) >= 11 is 0.714. The van der Waals surface area contributed by atoms with Gasteiger partial charge in [0.1, 0.15) is 12.4 Å². The molecule has 0 spiro atoms. The highest BCUT2D eigenvalue weighted by Crippen LogP contribution is 2.32. The van der Waals surface area contributed by atoms with E-state index in [2.05, 4.69) is 10.4 Å². The molecule has 10 heteroatoms. The summed E-state index contributed by atoms with van der Waals surface area (Å²) in [6.45, 7) is -0.337. The molecule has 1 aromatic heterocycles. The maximum atomic E-state index is 13.8. The second-order valence-corrected chi connectivity index (χ2v) is 7.89. The Hall–Kier alpha value is -3.79. The van der Waals surface area contributed by atoms with E-state index < -0.39 is 22.9 Å². The summed E-state index contributed by atoms with van der Waals surface area (Å²) in [6.07, 6.45) is 2.84. The van der Waals surface area contributed by atoms with Gasteiger partial charge in [0.25, 0.3) is 16.7 Å². The number of fused-ring (bicyclic) bond motifs is 1. The lowest BCUT2D eigenvalue weighted by molar-refractivity contribution is -0.124. The molecule has 8 nitrogen and oxygen atoms in total. The number of carbonyl (C=O) groups is 3. The second-order valence-electron chi connectivity index (χ2n) is 6.90. The molecular formula is C22H17FN4O4S. The zero-order valence-corrected chi connectivity index (χ0v) is 17.5. The fourth-order valence-corrected chi connectivity index (χ4v) is 4.02. The average Bonchev–Trinajstić information content (AvgIpc) is 3.05. The maximum absolute atomic E-state index is 13.8. The summed E-state index contributed by atoms with van der Waals surface area (Å²) in [6, 6.07) is 12.9. The molecule has 3 amide bonds. The van der Waals surface area contributed by atoms with E-state index in [0.717, 1.165) is 9.58 Å². The van der Waals surface area contributed by atoms with Crippen molar-refractivity contribution in [3.63, 3.8) is 0 Å². The number of imide groups is 1. The third kappa shape index (κ3) is 4.45. The predicted octanol–water partition coefficient (Wildman–Crippen LogP) is 2.39. The number of halogens is 1.